The minimum Gasteiger partial charge on any atom is -0.325 e. The molecule has 146 valence electrons. The highest BCUT2D eigenvalue weighted by Gasteiger charge is 2.17. The molecular formula is C21H22FN3O2S. The number of nitrogens with one attached hydrogen (secondary N) is 1. The number of nitrogens with zero attached hydrogens (tertiary/aromatic N) is 2. The van der Waals surface area contributed by atoms with Gasteiger partial charge in [0.2, 0.25) is 5.91 Å². The Balaban J connectivity index is 1.86. The Morgan fingerprint density at radius 3 is 2.79 bits per heavy atom. The Bertz CT molecular complexity index is 1080. The highest BCUT2D eigenvalue weighted by molar-refractivity contribution is 7.99. The summed E-state index contributed by atoms with van der Waals surface area (Å²) >= 11 is 1.20. The first kappa shape index (κ1) is 20.1. The molecule has 5 nitrogen and oxygen atoms in total. The van der Waals surface area contributed by atoms with Crippen molar-refractivity contribution in [2.45, 2.75) is 38.4 Å². The number of anilines is 1. The van der Waals surface area contributed by atoms with Crippen LogP contribution in [-0.2, 0) is 4.79 Å². The third-order valence-electron chi connectivity index (χ3n) is 4.61. The van der Waals surface area contributed by atoms with Crippen molar-refractivity contribution in [3.8, 4) is 0 Å². The van der Waals surface area contributed by atoms with E-state index in [-0.39, 0.29) is 23.3 Å². The minimum absolute atomic E-state index is 0.0411. The summed E-state index contributed by atoms with van der Waals surface area (Å²) in [6.45, 7) is 5.76. The number of para-hydroxylation sites is 1. The lowest BCUT2D eigenvalue weighted by molar-refractivity contribution is -0.113. The van der Waals surface area contributed by atoms with Crippen molar-refractivity contribution < 1.29 is 9.18 Å². The van der Waals surface area contributed by atoms with Crippen LogP contribution in [0, 0.1) is 12.7 Å². The Morgan fingerprint density at radius 1 is 1.29 bits per heavy atom. The molecular weight excluding hydrogens is 377 g/mol. The number of aryl methyl sites for hydroxylation is 1. The van der Waals surface area contributed by atoms with Crippen molar-refractivity contribution >= 4 is 34.3 Å². The molecule has 2 aromatic carbocycles. The second kappa shape index (κ2) is 8.56. The number of carbonyl (C=O) groups is 1. The maximum atomic E-state index is 13.4. The number of benzene rings is 2. The van der Waals surface area contributed by atoms with Gasteiger partial charge >= 0.3 is 0 Å². The van der Waals surface area contributed by atoms with Gasteiger partial charge in [-0.1, -0.05) is 36.9 Å². The summed E-state index contributed by atoms with van der Waals surface area (Å²) in [7, 11) is 0. The molecule has 0 radical (unpaired) electrons. The monoisotopic (exact) mass is 399 g/mol. The van der Waals surface area contributed by atoms with E-state index in [1.807, 2.05) is 26.0 Å². The van der Waals surface area contributed by atoms with Crippen molar-refractivity contribution in [3.63, 3.8) is 0 Å². The SMILES string of the molecule is CC[C@@H](C)n1c(SCC(=O)Nc2cc(F)ccc2C)nc2ccccc2c1=O. The fraction of sp³-hybridized carbons (Fsp3) is 0.286. The molecule has 3 rings (SSSR count). The first-order chi connectivity index (χ1) is 13.4. The fourth-order valence-corrected chi connectivity index (χ4v) is 3.74. The van der Waals surface area contributed by atoms with E-state index in [2.05, 4.69) is 10.3 Å². The van der Waals surface area contributed by atoms with Crippen LogP contribution in [0.5, 0.6) is 0 Å². The van der Waals surface area contributed by atoms with E-state index in [1.54, 1.807) is 29.7 Å². The quantitative estimate of drug-likeness (QED) is 0.488. The molecule has 7 heteroatoms. The molecule has 0 aliphatic carbocycles. The van der Waals surface area contributed by atoms with Crippen molar-refractivity contribution in [1.29, 1.82) is 0 Å². The zero-order valence-electron chi connectivity index (χ0n) is 16.0. The molecule has 1 atom stereocenters. The lowest BCUT2D eigenvalue weighted by Gasteiger charge is -2.18. The van der Waals surface area contributed by atoms with Crippen LogP contribution in [0.1, 0.15) is 31.9 Å². The second-order valence-corrected chi connectivity index (χ2v) is 7.58. The Labute approximate surface area is 167 Å². The lowest BCUT2D eigenvalue weighted by atomic mass is 10.2. The van der Waals surface area contributed by atoms with Gasteiger partial charge in [0, 0.05) is 11.7 Å². The number of thioether (sulfide) groups is 1. The number of fused-ring (bicyclic) bond motifs is 1. The first-order valence-electron chi connectivity index (χ1n) is 9.10. The third-order valence-corrected chi connectivity index (χ3v) is 5.57. The fourth-order valence-electron chi connectivity index (χ4n) is 2.84. The van der Waals surface area contributed by atoms with Crippen LogP contribution in [0.4, 0.5) is 10.1 Å². The molecule has 0 aliphatic heterocycles. The molecule has 0 unspecified atom stereocenters. The minimum atomic E-state index is -0.407. The number of halogens is 1. The van der Waals surface area contributed by atoms with Crippen LogP contribution in [0.25, 0.3) is 10.9 Å². The zero-order valence-corrected chi connectivity index (χ0v) is 16.8. The van der Waals surface area contributed by atoms with Crippen molar-refractivity contribution in [3.05, 3.63) is 64.2 Å². The Hall–Kier alpha value is -2.67. The average molecular weight is 399 g/mol. The molecule has 1 N–H and O–H groups in total. The highest BCUT2D eigenvalue weighted by atomic mass is 32.2. The summed E-state index contributed by atoms with van der Waals surface area (Å²) in [5.74, 6) is -0.621. The molecule has 1 aromatic heterocycles. The molecule has 0 saturated carbocycles. The van der Waals surface area contributed by atoms with E-state index in [4.69, 9.17) is 0 Å². The molecule has 0 aliphatic rings. The number of carbonyl (C=O) groups excluding carboxylic acids is 1. The van der Waals surface area contributed by atoms with Crippen LogP contribution in [0.2, 0.25) is 0 Å². The normalized spacial score (nSPS) is 12.1. The van der Waals surface area contributed by atoms with Crippen LogP contribution >= 0.6 is 11.8 Å². The van der Waals surface area contributed by atoms with Gasteiger partial charge < -0.3 is 5.32 Å². The summed E-state index contributed by atoms with van der Waals surface area (Å²) in [4.78, 5) is 29.9. The van der Waals surface area contributed by atoms with Gasteiger partial charge in [-0.15, -0.1) is 0 Å². The van der Waals surface area contributed by atoms with Crippen molar-refractivity contribution in [1.82, 2.24) is 9.55 Å². The number of hydrogen-bond donors (Lipinski definition) is 1. The standard InChI is InChI=1S/C21H22FN3O2S/c1-4-14(3)25-20(27)16-7-5-6-8-17(16)24-21(25)28-12-19(26)23-18-11-15(22)10-9-13(18)2/h5-11,14H,4,12H2,1-3H3,(H,23,26)/t14-/m1/s1. The third kappa shape index (κ3) is 4.25. The summed E-state index contributed by atoms with van der Waals surface area (Å²) in [6, 6.07) is 11.4. The number of aromatic nitrogens is 2. The van der Waals surface area contributed by atoms with E-state index < -0.39 is 5.82 Å². The van der Waals surface area contributed by atoms with Crippen molar-refractivity contribution in [2.24, 2.45) is 0 Å². The van der Waals surface area contributed by atoms with E-state index in [9.17, 15) is 14.0 Å². The summed E-state index contributed by atoms with van der Waals surface area (Å²) in [5.41, 5.74) is 1.72. The average Bonchev–Trinajstić information content (AvgIpc) is 2.69. The summed E-state index contributed by atoms with van der Waals surface area (Å²) in [5, 5.41) is 3.79. The molecule has 28 heavy (non-hydrogen) atoms. The van der Waals surface area contributed by atoms with Gasteiger partial charge in [-0.25, -0.2) is 9.37 Å². The Kier molecular flexibility index (Phi) is 6.14. The molecule has 0 saturated heterocycles. The molecule has 3 aromatic rings. The highest BCUT2D eigenvalue weighted by Crippen LogP contribution is 2.23. The summed E-state index contributed by atoms with van der Waals surface area (Å²) < 4.78 is 15.1. The van der Waals surface area contributed by atoms with E-state index >= 15 is 0 Å². The largest absolute Gasteiger partial charge is 0.325 e. The van der Waals surface area contributed by atoms with Crippen molar-refractivity contribution in [2.75, 3.05) is 11.1 Å². The van der Waals surface area contributed by atoms with Crippen LogP contribution in [0.15, 0.2) is 52.4 Å². The molecule has 0 fully saturated rings. The number of amides is 1. The predicted octanol–water partition coefficient (Wildman–Crippen LogP) is 4.55. The van der Waals surface area contributed by atoms with E-state index in [1.165, 1.54) is 23.9 Å². The summed E-state index contributed by atoms with van der Waals surface area (Å²) in [6.07, 6.45) is 0.766. The molecule has 0 bridgehead atoms. The number of hydrogen-bond acceptors (Lipinski definition) is 4. The predicted molar refractivity (Wildman–Crippen MR) is 111 cm³/mol. The van der Waals surface area contributed by atoms with Gasteiger partial charge in [0.15, 0.2) is 5.16 Å². The molecule has 0 spiro atoms. The maximum Gasteiger partial charge on any atom is 0.262 e. The van der Waals surface area contributed by atoms with Gasteiger partial charge in [-0.05, 0) is 50.1 Å². The molecule has 1 amide bonds. The maximum absolute atomic E-state index is 13.4. The van der Waals surface area contributed by atoms with Gasteiger partial charge in [-0.2, -0.15) is 0 Å². The van der Waals surface area contributed by atoms with Crippen LogP contribution in [-0.4, -0.2) is 21.2 Å². The van der Waals surface area contributed by atoms with Crippen LogP contribution in [0.3, 0.4) is 0 Å². The topological polar surface area (TPSA) is 64.0 Å². The van der Waals surface area contributed by atoms with E-state index in [0.717, 1.165) is 12.0 Å². The zero-order chi connectivity index (χ0) is 20.3. The Morgan fingerprint density at radius 2 is 2.04 bits per heavy atom. The first-order valence-corrected chi connectivity index (χ1v) is 10.1. The smallest absolute Gasteiger partial charge is 0.262 e. The van der Waals surface area contributed by atoms with Gasteiger partial charge in [-0.3, -0.25) is 14.2 Å². The van der Waals surface area contributed by atoms with Crippen LogP contribution < -0.4 is 10.9 Å². The van der Waals surface area contributed by atoms with Gasteiger partial charge in [0.25, 0.3) is 5.56 Å². The molecule has 1 heterocycles. The number of rotatable bonds is 6. The van der Waals surface area contributed by atoms with Gasteiger partial charge in [0.05, 0.1) is 16.7 Å². The lowest BCUT2D eigenvalue weighted by Crippen LogP contribution is -2.26. The van der Waals surface area contributed by atoms with Gasteiger partial charge in [0.1, 0.15) is 5.82 Å². The second-order valence-electron chi connectivity index (χ2n) is 6.64. The van der Waals surface area contributed by atoms with E-state index in [0.29, 0.717) is 21.7 Å².